The van der Waals surface area contributed by atoms with Crippen molar-refractivity contribution < 1.29 is 22.7 Å². The number of nitrogens with two attached hydrogens (primary N) is 1. The van der Waals surface area contributed by atoms with E-state index in [1.54, 1.807) is 0 Å². The van der Waals surface area contributed by atoms with Crippen molar-refractivity contribution in [2.24, 2.45) is 5.73 Å². The average Bonchev–Trinajstić information content (AvgIpc) is 2.27. The maximum absolute atomic E-state index is 12.8. The Morgan fingerprint density at radius 3 is 2.67 bits per heavy atom. The van der Waals surface area contributed by atoms with Gasteiger partial charge in [-0.1, -0.05) is 6.92 Å². The van der Waals surface area contributed by atoms with Crippen LogP contribution in [-0.2, 0) is 9.53 Å². The van der Waals surface area contributed by atoms with Gasteiger partial charge in [0.05, 0.1) is 0 Å². The number of halogens is 3. The largest absolute Gasteiger partial charge is 0.408 e. The maximum Gasteiger partial charge on any atom is 0.408 e. The number of carbonyl (C=O) groups excluding carboxylic acids is 1. The third-order valence-corrected chi connectivity index (χ3v) is 2.89. The van der Waals surface area contributed by atoms with Crippen LogP contribution in [0.4, 0.5) is 13.2 Å². The molecule has 18 heavy (non-hydrogen) atoms. The van der Waals surface area contributed by atoms with Crippen LogP contribution in [0.5, 0.6) is 0 Å². The summed E-state index contributed by atoms with van der Waals surface area (Å²) in [5, 5.41) is 0. The lowest BCUT2D eigenvalue weighted by Gasteiger charge is -2.39. The molecule has 1 heterocycles. The number of nitrogens with zero attached hydrogens (tertiary/aromatic N) is 1. The van der Waals surface area contributed by atoms with E-state index >= 15 is 0 Å². The van der Waals surface area contributed by atoms with E-state index in [-0.39, 0.29) is 26.0 Å². The summed E-state index contributed by atoms with van der Waals surface area (Å²) in [5.74, 6) is -0.638. The molecule has 0 unspecified atom stereocenters. The number of amides is 1. The highest BCUT2D eigenvalue weighted by Gasteiger charge is 2.47. The fourth-order valence-electron chi connectivity index (χ4n) is 2.00. The van der Waals surface area contributed by atoms with Gasteiger partial charge in [-0.05, 0) is 19.3 Å². The predicted octanol–water partition coefficient (Wildman–Crippen LogP) is 1.29. The lowest BCUT2D eigenvalue weighted by Crippen LogP contribution is -2.57. The van der Waals surface area contributed by atoms with E-state index in [0.29, 0.717) is 6.61 Å². The van der Waals surface area contributed by atoms with Gasteiger partial charge >= 0.3 is 6.18 Å². The summed E-state index contributed by atoms with van der Waals surface area (Å²) in [6.45, 7) is 1.85. The van der Waals surface area contributed by atoms with Crippen molar-refractivity contribution in [3.63, 3.8) is 0 Å². The molecule has 106 valence electrons. The normalized spacial score (nSPS) is 25.3. The SMILES string of the molecule is CCCOCC(=O)N1C[C@@H](N)CC[C@@H]1C(F)(F)F. The number of rotatable bonds is 4. The van der Waals surface area contributed by atoms with Crippen LogP contribution in [0.2, 0.25) is 0 Å². The van der Waals surface area contributed by atoms with Crippen LogP contribution >= 0.6 is 0 Å². The molecule has 0 saturated carbocycles. The summed E-state index contributed by atoms with van der Waals surface area (Å²) in [4.78, 5) is 12.5. The summed E-state index contributed by atoms with van der Waals surface area (Å²) < 4.78 is 43.4. The van der Waals surface area contributed by atoms with Gasteiger partial charge in [-0.15, -0.1) is 0 Å². The van der Waals surface area contributed by atoms with Gasteiger partial charge in [0.25, 0.3) is 0 Å². The number of hydrogen-bond acceptors (Lipinski definition) is 3. The first-order valence-electron chi connectivity index (χ1n) is 6.05. The van der Waals surface area contributed by atoms with Crippen LogP contribution in [0, 0.1) is 0 Å². The average molecular weight is 268 g/mol. The molecule has 1 fully saturated rings. The third kappa shape index (κ3) is 4.13. The molecule has 0 spiro atoms. The standard InChI is InChI=1S/C11H19F3N2O2/c1-2-5-18-7-10(17)16-6-8(15)3-4-9(16)11(12,13)14/h8-9H,2-7,15H2,1H3/t8-,9+/m0/s1. The molecule has 1 aliphatic heterocycles. The Morgan fingerprint density at radius 2 is 2.11 bits per heavy atom. The molecule has 1 saturated heterocycles. The summed E-state index contributed by atoms with van der Waals surface area (Å²) in [6.07, 6.45) is -3.54. The van der Waals surface area contributed by atoms with Crippen molar-refractivity contribution >= 4 is 5.91 Å². The van der Waals surface area contributed by atoms with Crippen molar-refractivity contribution in [2.75, 3.05) is 19.8 Å². The zero-order valence-corrected chi connectivity index (χ0v) is 10.4. The van der Waals surface area contributed by atoms with Gasteiger partial charge in [0.1, 0.15) is 12.6 Å². The van der Waals surface area contributed by atoms with Crippen LogP contribution in [0.15, 0.2) is 0 Å². The maximum atomic E-state index is 12.8. The Hall–Kier alpha value is -0.820. The zero-order chi connectivity index (χ0) is 13.8. The molecule has 1 amide bonds. The second-order valence-electron chi connectivity index (χ2n) is 4.49. The Bertz CT molecular complexity index is 284. The van der Waals surface area contributed by atoms with Gasteiger partial charge in [0, 0.05) is 19.2 Å². The molecule has 1 rings (SSSR count). The highest BCUT2D eigenvalue weighted by atomic mass is 19.4. The first-order chi connectivity index (χ1) is 8.36. The smallest absolute Gasteiger partial charge is 0.372 e. The van der Waals surface area contributed by atoms with Crippen molar-refractivity contribution in [1.29, 1.82) is 0 Å². The van der Waals surface area contributed by atoms with Gasteiger partial charge in [-0.3, -0.25) is 4.79 Å². The molecule has 0 aromatic heterocycles. The van der Waals surface area contributed by atoms with Crippen molar-refractivity contribution in [3.8, 4) is 0 Å². The van der Waals surface area contributed by atoms with Crippen LogP contribution in [-0.4, -0.2) is 48.8 Å². The molecule has 2 N–H and O–H groups in total. The van der Waals surface area contributed by atoms with Crippen molar-refractivity contribution in [2.45, 2.75) is 44.4 Å². The lowest BCUT2D eigenvalue weighted by atomic mass is 9.98. The van der Waals surface area contributed by atoms with Gasteiger partial charge in [0.2, 0.25) is 5.91 Å². The van der Waals surface area contributed by atoms with E-state index in [9.17, 15) is 18.0 Å². The van der Waals surface area contributed by atoms with E-state index in [2.05, 4.69) is 0 Å². The van der Waals surface area contributed by atoms with Gasteiger partial charge in [-0.25, -0.2) is 0 Å². The van der Waals surface area contributed by atoms with Crippen LogP contribution in [0.25, 0.3) is 0 Å². The van der Waals surface area contributed by atoms with Crippen LogP contribution in [0.1, 0.15) is 26.2 Å². The number of piperidine rings is 1. The van der Waals surface area contributed by atoms with Gasteiger partial charge in [0.15, 0.2) is 0 Å². The molecular formula is C11H19F3N2O2. The number of hydrogen-bond donors (Lipinski definition) is 1. The number of alkyl halides is 3. The highest BCUT2D eigenvalue weighted by Crippen LogP contribution is 2.31. The van der Waals surface area contributed by atoms with Crippen molar-refractivity contribution in [3.05, 3.63) is 0 Å². The summed E-state index contributed by atoms with van der Waals surface area (Å²) in [7, 11) is 0. The molecule has 0 aromatic rings. The minimum absolute atomic E-state index is 0.0570. The van der Waals surface area contributed by atoms with Gasteiger partial charge < -0.3 is 15.4 Å². The topological polar surface area (TPSA) is 55.6 Å². The monoisotopic (exact) mass is 268 g/mol. The molecule has 7 heteroatoms. The number of likely N-dealkylation sites (tertiary alicyclic amines) is 1. The molecule has 0 aliphatic carbocycles. The van der Waals surface area contributed by atoms with E-state index in [0.717, 1.165) is 11.3 Å². The molecule has 4 nitrogen and oxygen atoms in total. The lowest BCUT2D eigenvalue weighted by molar-refractivity contribution is -0.198. The Morgan fingerprint density at radius 1 is 1.44 bits per heavy atom. The van der Waals surface area contributed by atoms with E-state index in [1.165, 1.54) is 0 Å². The fourth-order valence-corrected chi connectivity index (χ4v) is 2.00. The summed E-state index contributed by atoms with van der Waals surface area (Å²) >= 11 is 0. The number of carbonyl (C=O) groups is 1. The quantitative estimate of drug-likeness (QED) is 0.782. The molecule has 2 atom stereocenters. The van der Waals surface area contributed by atoms with E-state index in [4.69, 9.17) is 10.5 Å². The molecule has 1 aliphatic rings. The Kier molecular flexibility index (Phi) is 5.40. The molecule has 0 bridgehead atoms. The second-order valence-corrected chi connectivity index (χ2v) is 4.49. The minimum Gasteiger partial charge on any atom is -0.372 e. The summed E-state index contributed by atoms with van der Waals surface area (Å²) in [6, 6.07) is -2.12. The Labute approximate surface area is 104 Å². The minimum atomic E-state index is -4.40. The van der Waals surface area contributed by atoms with Crippen LogP contribution in [0.3, 0.4) is 0 Å². The van der Waals surface area contributed by atoms with E-state index in [1.807, 2.05) is 6.92 Å². The molecule has 0 aromatic carbocycles. The molecular weight excluding hydrogens is 249 g/mol. The van der Waals surface area contributed by atoms with E-state index < -0.39 is 24.2 Å². The highest BCUT2D eigenvalue weighted by molar-refractivity contribution is 5.78. The number of ether oxygens (including phenoxy) is 1. The second kappa shape index (κ2) is 6.38. The zero-order valence-electron chi connectivity index (χ0n) is 10.4. The van der Waals surface area contributed by atoms with Gasteiger partial charge in [-0.2, -0.15) is 13.2 Å². The first kappa shape index (κ1) is 15.2. The predicted molar refractivity (Wildman–Crippen MR) is 59.9 cm³/mol. The first-order valence-corrected chi connectivity index (χ1v) is 6.05. The third-order valence-electron chi connectivity index (χ3n) is 2.89. The summed E-state index contributed by atoms with van der Waals surface area (Å²) in [5.41, 5.74) is 5.62. The molecule has 0 radical (unpaired) electrons. The fraction of sp³-hybridized carbons (Fsp3) is 0.909. The van der Waals surface area contributed by atoms with Crippen molar-refractivity contribution in [1.82, 2.24) is 4.90 Å². The Balaban J connectivity index is 2.64. The van der Waals surface area contributed by atoms with Crippen LogP contribution < -0.4 is 5.73 Å².